The Morgan fingerprint density at radius 3 is 2.69 bits per heavy atom. The summed E-state index contributed by atoms with van der Waals surface area (Å²) in [6.45, 7) is 0. The second-order valence-electron chi connectivity index (χ2n) is 3.19. The van der Waals surface area contributed by atoms with Crippen molar-refractivity contribution < 1.29 is 23.8 Å². The van der Waals surface area contributed by atoms with E-state index in [9.17, 15) is 14.3 Å². The van der Waals surface area contributed by atoms with Crippen LogP contribution < -0.4 is 4.74 Å². The van der Waals surface area contributed by atoms with Crippen molar-refractivity contribution in [2.75, 3.05) is 14.2 Å². The molecule has 0 aliphatic carbocycles. The number of rotatable bonds is 4. The van der Waals surface area contributed by atoms with E-state index in [4.69, 9.17) is 4.74 Å². The number of esters is 1. The van der Waals surface area contributed by atoms with Crippen LogP contribution >= 0.6 is 0 Å². The average Bonchev–Trinajstić information content (AvgIpc) is 2.28. The normalized spacial score (nSPS) is 12.0. The number of methoxy groups -OCH3 is 2. The third-order valence-electron chi connectivity index (χ3n) is 2.15. The summed E-state index contributed by atoms with van der Waals surface area (Å²) >= 11 is 0. The van der Waals surface area contributed by atoms with Crippen LogP contribution in [0.5, 0.6) is 5.75 Å². The van der Waals surface area contributed by atoms with E-state index in [1.54, 1.807) is 0 Å². The lowest BCUT2D eigenvalue weighted by Crippen LogP contribution is -2.08. The van der Waals surface area contributed by atoms with Gasteiger partial charge in [-0.1, -0.05) is 6.07 Å². The first-order valence-corrected chi connectivity index (χ1v) is 4.66. The first-order chi connectivity index (χ1) is 7.58. The largest absolute Gasteiger partial charge is 0.494 e. The molecule has 0 saturated heterocycles. The number of hydrogen-bond acceptors (Lipinski definition) is 4. The van der Waals surface area contributed by atoms with Crippen LogP contribution in [0.4, 0.5) is 4.39 Å². The zero-order chi connectivity index (χ0) is 12.1. The first kappa shape index (κ1) is 12.4. The number of halogens is 1. The number of carbonyl (C=O) groups excluding carboxylic acids is 1. The highest BCUT2D eigenvalue weighted by Crippen LogP contribution is 2.23. The van der Waals surface area contributed by atoms with Crippen LogP contribution in [0.15, 0.2) is 18.2 Å². The number of aliphatic hydroxyl groups is 1. The molecule has 0 fully saturated rings. The van der Waals surface area contributed by atoms with Gasteiger partial charge in [0.05, 0.1) is 26.7 Å². The maximum Gasteiger partial charge on any atom is 0.308 e. The lowest BCUT2D eigenvalue weighted by molar-refractivity contribution is -0.142. The second kappa shape index (κ2) is 5.46. The van der Waals surface area contributed by atoms with Gasteiger partial charge in [0.15, 0.2) is 11.6 Å². The minimum absolute atomic E-state index is 0.0917. The van der Waals surface area contributed by atoms with Crippen molar-refractivity contribution in [1.29, 1.82) is 0 Å². The lowest BCUT2D eigenvalue weighted by atomic mass is 10.1. The summed E-state index contributed by atoms with van der Waals surface area (Å²) in [4.78, 5) is 10.9. The zero-order valence-corrected chi connectivity index (χ0v) is 9.07. The third-order valence-corrected chi connectivity index (χ3v) is 2.15. The topological polar surface area (TPSA) is 55.8 Å². The molecule has 0 bridgehead atoms. The van der Waals surface area contributed by atoms with Crippen molar-refractivity contribution in [3.05, 3.63) is 29.6 Å². The Kier molecular flexibility index (Phi) is 4.25. The minimum Gasteiger partial charge on any atom is -0.494 e. The van der Waals surface area contributed by atoms with Crippen LogP contribution in [0.2, 0.25) is 0 Å². The average molecular weight is 228 g/mol. The third kappa shape index (κ3) is 2.93. The molecule has 0 amide bonds. The lowest BCUT2D eigenvalue weighted by Gasteiger charge is -2.10. The number of aliphatic hydroxyl groups excluding tert-OH is 1. The van der Waals surface area contributed by atoms with Gasteiger partial charge in [0, 0.05) is 0 Å². The quantitative estimate of drug-likeness (QED) is 0.792. The molecule has 1 N–H and O–H groups in total. The van der Waals surface area contributed by atoms with Gasteiger partial charge in [-0.15, -0.1) is 0 Å². The maximum atomic E-state index is 13.3. The standard InChI is InChI=1S/C11H13FO4/c1-15-10-4-3-7(5-8(10)12)9(13)6-11(14)16-2/h3-5,9,13H,6H2,1-2H3/t9-/m0/s1. The van der Waals surface area contributed by atoms with Gasteiger partial charge in [0.25, 0.3) is 0 Å². The van der Waals surface area contributed by atoms with Crippen LogP contribution in [-0.2, 0) is 9.53 Å². The molecule has 0 unspecified atom stereocenters. The fraction of sp³-hybridized carbons (Fsp3) is 0.364. The molecule has 88 valence electrons. The van der Waals surface area contributed by atoms with E-state index in [1.807, 2.05) is 0 Å². The fourth-order valence-corrected chi connectivity index (χ4v) is 1.25. The van der Waals surface area contributed by atoms with Gasteiger partial charge in [0.1, 0.15) is 0 Å². The van der Waals surface area contributed by atoms with Crippen LogP contribution in [0, 0.1) is 5.82 Å². The number of hydrogen-bond donors (Lipinski definition) is 1. The highest BCUT2D eigenvalue weighted by atomic mass is 19.1. The molecule has 0 aliphatic rings. The molecule has 1 aromatic carbocycles. The molecule has 4 nitrogen and oxygen atoms in total. The van der Waals surface area contributed by atoms with Gasteiger partial charge in [-0.2, -0.15) is 0 Å². The monoisotopic (exact) mass is 228 g/mol. The fourth-order valence-electron chi connectivity index (χ4n) is 1.25. The summed E-state index contributed by atoms with van der Waals surface area (Å²) in [5, 5.41) is 9.60. The Bertz CT molecular complexity index is 378. The molecule has 0 aliphatic heterocycles. The van der Waals surface area contributed by atoms with E-state index in [0.29, 0.717) is 5.56 Å². The molecule has 1 atom stereocenters. The molecule has 0 heterocycles. The summed E-state index contributed by atoms with van der Waals surface area (Å²) in [7, 11) is 2.58. The predicted molar refractivity (Wildman–Crippen MR) is 54.5 cm³/mol. The molecule has 5 heteroatoms. The highest BCUT2D eigenvalue weighted by molar-refractivity contribution is 5.70. The van der Waals surface area contributed by atoms with E-state index in [2.05, 4.69) is 4.74 Å². The van der Waals surface area contributed by atoms with Gasteiger partial charge < -0.3 is 14.6 Å². The molecular weight excluding hydrogens is 215 g/mol. The summed E-state index contributed by atoms with van der Waals surface area (Å²) in [5.41, 5.74) is 0.309. The van der Waals surface area contributed by atoms with E-state index >= 15 is 0 Å². The number of carbonyl (C=O) groups is 1. The van der Waals surface area contributed by atoms with Crippen molar-refractivity contribution in [2.45, 2.75) is 12.5 Å². The molecule has 0 saturated carbocycles. The van der Waals surface area contributed by atoms with Gasteiger partial charge in [-0.25, -0.2) is 4.39 Å². The van der Waals surface area contributed by atoms with E-state index in [0.717, 1.165) is 6.07 Å². The van der Waals surface area contributed by atoms with E-state index < -0.39 is 17.9 Å². The summed E-state index contributed by atoms with van der Waals surface area (Å²) < 4.78 is 22.4. The van der Waals surface area contributed by atoms with Gasteiger partial charge >= 0.3 is 5.97 Å². The van der Waals surface area contributed by atoms with Crippen molar-refractivity contribution in [3.63, 3.8) is 0 Å². The molecule has 0 spiro atoms. The molecule has 1 rings (SSSR count). The minimum atomic E-state index is -1.08. The smallest absolute Gasteiger partial charge is 0.308 e. The second-order valence-corrected chi connectivity index (χ2v) is 3.19. The molecule has 16 heavy (non-hydrogen) atoms. The molecule has 1 aromatic rings. The van der Waals surface area contributed by atoms with Crippen LogP contribution in [0.3, 0.4) is 0 Å². The highest BCUT2D eigenvalue weighted by Gasteiger charge is 2.15. The van der Waals surface area contributed by atoms with Gasteiger partial charge in [0.2, 0.25) is 0 Å². The van der Waals surface area contributed by atoms with Crippen LogP contribution in [0.1, 0.15) is 18.1 Å². The number of ether oxygens (including phenoxy) is 2. The first-order valence-electron chi connectivity index (χ1n) is 4.66. The Morgan fingerprint density at radius 2 is 2.19 bits per heavy atom. The van der Waals surface area contributed by atoms with Gasteiger partial charge in [-0.05, 0) is 17.7 Å². The Labute approximate surface area is 92.6 Å². The molecule has 0 aromatic heterocycles. The molecule has 0 radical (unpaired) electrons. The summed E-state index contributed by atoms with van der Waals surface area (Å²) in [5.74, 6) is -1.04. The van der Waals surface area contributed by atoms with Crippen molar-refractivity contribution >= 4 is 5.97 Å². The Balaban J connectivity index is 2.80. The van der Waals surface area contributed by atoms with E-state index in [-0.39, 0.29) is 12.2 Å². The van der Waals surface area contributed by atoms with Crippen molar-refractivity contribution in [2.24, 2.45) is 0 Å². The van der Waals surface area contributed by atoms with Crippen LogP contribution in [0.25, 0.3) is 0 Å². The van der Waals surface area contributed by atoms with E-state index in [1.165, 1.54) is 26.4 Å². The Hall–Kier alpha value is -1.62. The van der Waals surface area contributed by atoms with Crippen molar-refractivity contribution in [1.82, 2.24) is 0 Å². The Morgan fingerprint density at radius 1 is 1.50 bits per heavy atom. The molecular formula is C11H13FO4. The SMILES string of the molecule is COC(=O)C[C@H](O)c1ccc(OC)c(F)c1. The maximum absolute atomic E-state index is 13.3. The number of benzene rings is 1. The summed E-state index contributed by atoms with van der Waals surface area (Å²) in [6, 6.07) is 4.02. The summed E-state index contributed by atoms with van der Waals surface area (Å²) in [6.07, 6.45) is -1.28. The predicted octanol–water partition coefficient (Wildman–Crippen LogP) is 1.43. The van der Waals surface area contributed by atoms with Crippen molar-refractivity contribution in [3.8, 4) is 5.75 Å². The van der Waals surface area contributed by atoms with Gasteiger partial charge in [-0.3, -0.25) is 4.79 Å². The zero-order valence-electron chi connectivity index (χ0n) is 9.07. The van der Waals surface area contributed by atoms with Crippen LogP contribution in [-0.4, -0.2) is 25.3 Å².